The first kappa shape index (κ1) is 14.2. The smallest absolute Gasteiger partial charge is 0.127 e. The van der Waals surface area contributed by atoms with Crippen molar-refractivity contribution in [2.75, 3.05) is 0 Å². The molecular weight excluding hydrogens is 312 g/mol. The fourth-order valence-electron chi connectivity index (χ4n) is 1.84. The molecule has 2 aromatic rings. The summed E-state index contributed by atoms with van der Waals surface area (Å²) in [6, 6.07) is 9.52. The van der Waals surface area contributed by atoms with E-state index >= 15 is 0 Å². The fraction of sp³-hybridized carbons (Fsp3) is 0.200. The predicted octanol–water partition coefficient (Wildman–Crippen LogP) is 4.33. The minimum atomic E-state index is -0.419. The van der Waals surface area contributed by atoms with Crippen molar-refractivity contribution in [1.82, 2.24) is 5.32 Å². The molecule has 0 saturated carbocycles. The molecule has 0 bridgehead atoms. The van der Waals surface area contributed by atoms with E-state index in [2.05, 4.69) is 27.3 Å². The van der Waals surface area contributed by atoms with Gasteiger partial charge in [0, 0.05) is 23.1 Å². The summed E-state index contributed by atoms with van der Waals surface area (Å²) in [6.07, 6.45) is 0. The summed E-state index contributed by atoms with van der Waals surface area (Å²) in [5.74, 6) is -0.807. The minimum Gasteiger partial charge on any atom is -0.309 e. The third-order valence-corrected chi connectivity index (χ3v) is 3.76. The predicted molar refractivity (Wildman–Crippen MR) is 75.8 cm³/mol. The average Bonchev–Trinajstić information content (AvgIpc) is 2.38. The molecule has 2 rings (SSSR count). The lowest BCUT2D eigenvalue weighted by molar-refractivity contribution is 0.568. The summed E-state index contributed by atoms with van der Waals surface area (Å²) in [6.45, 7) is 2.93. The molecular formula is C15H14BrF2N. The van der Waals surface area contributed by atoms with Crippen LogP contribution in [0.25, 0.3) is 0 Å². The van der Waals surface area contributed by atoms with Crippen LogP contribution in [0.15, 0.2) is 40.9 Å². The molecule has 0 fully saturated rings. The summed E-state index contributed by atoms with van der Waals surface area (Å²) < 4.78 is 27.5. The first-order chi connectivity index (χ1) is 9.06. The Morgan fingerprint density at radius 2 is 1.84 bits per heavy atom. The maximum atomic E-state index is 13.4. The lowest BCUT2D eigenvalue weighted by Crippen LogP contribution is -2.14. The first-order valence-electron chi connectivity index (χ1n) is 5.96. The van der Waals surface area contributed by atoms with Crippen LogP contribution >= 0.6 is 15.9 Å². The van der Waals surface area contributed by atoms with E-state index in [0.717, 1.165) is 27.7 Å². The summed E-state index contributed by atoms with van der Waals surface area (Å²) in [4.78, 5) is 0. The summed E-state index contributed by atoms with van der Waals surface area (Å²) in [5.41, 5.74) is 2.60. The number of rotatable bonds is 4. The van der Waals surface area contributed by atoms with Gasteiger partial charge in [-0.2, -0.15) is 0 Å². The molecule has 0 saturated heterocycles. The highest BCUT2D eigenvalue weighted by atomic mass is 79.9. The van der Waals surface area contributed by atoms with Gasteiger partial charge in [0.05, 0.1) is 0 Å². The topological polar surface area (TPSA) is 12.0 Å². The SMILES string of the molecule is Cc1cc(CNCc2cc(F)ccc2F)ccc1Br. The Bertz CT molecular complexity index is 584. The van der Waals surface area contributed by atoms with Crippen LogP contribution in [0, 0.1) is 18.6 Å². The Morgan fingerprint density at radius 3 is 2.58 bits per heavy atom. The van der Waals surface area contributed by atoms with E-state index in [-0.39, 0.29) is 5.82 Å². The monoisotopic (exact) mass is 325 g/mol. The molecule has 0 unspecified atom stereocenters. The van der Waals surface area contributed by atoms with Crippen molar-refractivity contribution in [2.45, 2.75) is 20.0 Å². The van der Waals surface area contributed by atoms with E-state index in [1.54, 1.807) is 0 Å². The van der Waals surface area contributed by atoms with Gasteiger partial charge in [-0.1, -0.05) is 28.1 Å². The van der Waals surface area contributed by atoms with Crippen molar-refractivity contribution in [1.29, 1.82) is 0 Å². The van der Waals surface area contributed by atoms with Crippen LogP contribution in [0.4, 0.5) is 8.78 Å². The van der Waals surface area contributed by atoms with Gasteiger partial charge in [0.2, 0.25) is 0 Å². The number of aryl methyl sites for hydroxylation is 1. The molecule has 0 atom stereocenters. The van der Waals surface area contributed by atoms with Crippen LogP contribution in [0.3, 0.4) is 0 Å². The van der Waals surface area contributed by atoms with Gasteiger partial charge in [-0.05, 0) is 42.3 Å². The molecule has 1 N–H and O–H groups in total. The molecule has 4 heteroatoms. The molecule has 0 aliphatic heterocycles. The quantitative estimate of drug-likeness (QED) is 0.882. The van der Waals surface area contributed by atoms with E-state index in [1.807, 2.05) is 19.1 Å². The zero-order valence-corrected chi connectivity index (χ0v) is 12.1. The Balaban J connectivity index is 1.96. The number of hydrogen-bond acceptors (Lipinski definition) is 1. The molecule has 0 spiro atoms. The lowest BCUT2D eigenvalue weighted by atomic mass is 10.1. The Morgan fingerprint density at radius 1 is 1.05 bits per heavy atom. The highest BCUT2D eigenvalue weighted by Crippen LogP contribution is 2.17. The van der Waals surface area contributed by atoms with Gasteiger partial charge >= 0.3 is 0 Å². The molecule has 0 aliphatic carbocycles. The molecule has 100 valence electrons. The lowest BCUT2D eigenvalue weighted by Gasteiger charge is -2.08. The molecule has 0 amide bonds. The van der Waals surface area contributed by atoms with Crippen LogP contribution < -0.4 is 5.32 Å². The van der Waals surface area contributed by atoms with E-state index in [9.17, 15) is 8.78 Å². The van der Waals surface area contributed by atoms with Gasteiger partial charge in [0.15, 0.2) is 0 Å². The van der Waals surface area contributed by atoms with Crippen molar-refractivity contribution in [2.24, 2.45) is 0 Å². The third kappa shape index (κ3) is 3.85. The molecule has 0 radical (unpaired) electrons. The van der Waals surface area contributed by atoms with Gasteiger partial charge in [0.1, 0.15) is 11.6 Å². The standard InChI is InChI=1S/C15H14BrF2N/c1-10-6-11(2-4-14(10)16)8-19-9-12-7-13(17)3-5-15(12)18/h2-7,19H,8-9H2,1H3. The minimum absolute atomic E-state index is 0.304. The highest BCUT2D eigenvalue weighted by molar-refractivity contribution is 9.10. The molecule has 19 heavy (non-hydrogen) atoms. The average molecular weight is 326 g/mol. The maximum Gasteiger partial charge on any atom is 0.127 e. The van der Waals surface area contributed by atoms with Crippen molar-refractivity contribution in [3.63, 3.8) is 0 Å². The largest absolute Gasteiger partial charge is 0.309 e. The van der Waals surface area contributed by atoms with Crippen LogP contribution in [-0.2, 0) is 13.1 Å². The Labute approximate surface area is 119 Å². The van der Waals surface area contributed by atoms with Gasteiger partial charge in [-0.25, -0.2) is 8.78 Å². The van der Waals surface area contributed by atoms with Crippen molar-refractivity contribution < 1.29 is 8.78 Å². The van der Waals surface area contributed by atoms with Crippen molar-refractivity contribution in [3.05, 3.63) is 69.2 Å². The second kappa shape index (κ2) is 6.26. The van der Waals surface area contributed by atoms with E-state index in [4.69, 9.17) is 0 Å². The van der Waals surface area contributed by atoms with Crippen LogP contribution in [-0.4, -0.2) is 0 Å². The fourth-order valence-corrected chi connectivity index (χ4v) is 2.08. The number of halogens is 3. The number of benzene rings is 2. The van der Waals surface area contributed by atoms with E-state index in [0.29, 0.717) is 18.7 Å². The zero-order valence-electron chi connectivity index (χ0n) is 10.5. The Hall–Kier alpha value is -1.26. The second-order valence-electron chi connectivity index (χ2n) is 4.42. The normalized spacial score (nSPS) is 10.7. The summed E-state index contributed by atoms with van der Waals surface area (Å²) in [7, 11) is 0. The van der Waals surface area contributed by atoms with Gasteiger partial charge in [0.25, 0.3) is 0 Å². The Kier molecular flexibility index (Phi) is 4.66. The molecule has 1 nitrogen and oxygen atoms in total. The maximum absolute atomic E-state index is 13.4. The van der Waals surface area contributed by atoms with Gasteiger partial charge < -0.3 is 5.32 Å². The third-order valence-electron chi connectivity index (χ3n) is 2.87. The zero-order chi connectivity index (χ0) is 13.8. The van der Waals surface area contributed by atoms with Gasteiger partial charge in [-0.3, -0.25) is 0 Å². The van der Waals surface area contributed by atoms with Crippen molar-refractivity contribution >= 4 is 15.9 Å². The van der Waals surface area contributed by atoms with E-state index < -0.39 is 5.82 Å². The molecule has 0 aliphatic rings. The highest BCUT2D eigenvalue weighted by Gasteiger charge is 2.03. The van der Waals surface area contributed by atoms with Crippen molar-refractivity contribution in [3.8, 4) is 0 Å². The van der Waals surface area contributed by atoms with E-state index in [1.165, 1.54) is 6.07 Å². The summed E-state index contributed by atoms with van der Waals surface area (Å²) >= 11 is 3.44. The molecule has 2 aromatic carbocycles. The first-order valence-corrected chi connectivity index (χ1v) is 6.75. The molecule has 0 aromatic heterocycles. The van der Waals surface area contributed by atoms with Crippen LogP contribution in [0.5, 0.6) is 0 Å². The summed E-state index contributed by atoms with van der Waals surface area (Å²) in [5, 5.41) is 3.11. The van der Waals surface area contributed by atoms with Gasteiger partial charge in [-0.15, -0.1) is 0 Å². The second-order valence-corrected chi connectivity index (χ2v) is 5.28. The van der Waals surface area contributed by atoms with Crippen LogP contribution in [0.2, 0.25) is 0 Å². The van der Waals surface area contributed by atoms with Crippen LogP contribution in [0.1, 0.15) is 16.7 Å². The number of hydrogen-bond donors (Lipinski definition) is 1. The number of nitrogens with one attached hydrogen (secondary N) is 1. The molecule has 0 heterocycles.